The van der Waals surface area contributed by atoms with Crippen molar-refractivity contribution in [2.24, 2.45) is 4.99 Å². The first-order valence-electron chi connectivity index (χ1n) is 9.89. The summed E-state index contributed by atoms with van der Waals surface area (Å²) in [6.07, 6.45) is 1.67. The van der Waals surface area contributed by atoms with Crippen LogP contribution in [0.2, 0.25) is 5.02 Å². The minimum atomic E-state index is -0.484. The van der Waals surface area contributed by atoms with Crippen LogP contribution in [0.3, 0.4) is 0 Å². The molecular weight excluding hydrogens is 446 g/mol. The zero-order valence-electron chi connectivity index (χ0n) is 17.3. The molecule has 3 aromatic carbocycles. The molecule has 0 fully saturated rings. The van der Waals surface area contributed by atoms with Crippen molar-refractivity contribution in [1.29, 1.82) is 0 Å². The highest BCUT2D eigenvalue weighted by atomic mass is 35.5. The molecule has 5 nitrogen and oxygen atoms in total. The van der Waals surface area contributed by atoms with Crippen molar-refractivity contribution in [2.75, 3.05) is 19.5 Å². The van der Waals surface area contributed by atoms with Crippen molar-refractivity contribution in [3.63, 3.8) is 0 Å². The number of ether oxygens (including phenoxy) is 3. The Hall–Kier alpha value is -3.22. The zero-order valence-corrected chi connectivity index (χ0v) is 18.9. The summed E-state index contributed by atoms with van der Waals surface area (Å²) in [7, 11) is 1.58. The van der Waals surface area contributed by atoms with E-state index in [2.05, 4.69) is 4.99 Å². The molecule has 1 aliphatic heterocycles. The van der Waals surface area contributed by atoms with E-state index in [4.69, 9.17) is 25.8 Å². The lowest BCUT2D eigenvalue weighted by atomic mass is 10.1. The van der Waals surface area contributed by atoms with Gasteiger partial charge in [-0.15, -0.1) is 11.8 Å². The van der Waals surface area contributed by atoms with Gasteiger partial charge in [0.05, 0.1) is 13.7 Å². The molecule has 0 unspecified atom stereocenters. The van der Waals surface area contributed by atoms with Crippen LogP contribution >= 0.6 is 23.4 Å². The number of nitrogens with zero attached hydrogens (tertiary/aromatic N) is 1. The molecule has 1 heterocycles. The van der Waals surface area contributed by atoms with Gasteiger partial charge in [-0.25, -0.2) is 9.79 Å². The summed E-state index contributed by atoms with van der Waals surface area (Å²) in [5.74, 6) is 1.80. The molecule has 3 aromatic rings. The molecule has 0 atom stereocenters. The fraction of sp³-hybridized carbons (Fsp3) is 0.120. The molecule has 4 rings (SSSR count). The molecule has 0 saturated carbocycles. The van der Waals surface area contributed by atoms with Crippen molar-refractivity contribution in [3.8, 4) is 11.5 Å². The van der Waals surface area contributed by atoms with Crippen molar-refractivity contribution >= 4 is 41.3 Å². The molecule has 0 N–H and O–H groups in total. The molecule has 0 radical (unpaired) electrons. The standard InChI is InChI=1S/C25H20ClNO4S/c1-29-23-16-17(15-21-25(28)31-24(27-21)18-5-3-2-4-6-18)7-12-22(23)30-13-14-32-20-10-8-19(26)9-11-20/h2-12,15-16H,13-14H2,1H3. The number of hydrogen-bond donors (Lipinski definition) is 0. The second-order valence-electron chi connectivity index (χ2n) is 6.76. The molecular formula is C25H20ClNO4S. The third-order valence-corrected chi connectivity index (χ3v) is 5.78. The van der Waals surface area contributed by atoms with E-state index < -0.39 is 5.97 Å². The highest BCUT2D eigenvalue weighted by Gasteiger charge is 2.24. The number of esters is 1. The fourth-order valence-electron chi connectivity index (χ4n) is 3.01. The number of benzene rings is 3. The Morgan fingerprint density at radius 3 is 2.56 bits per heavy atom. The van der Waals surface area contributed by atoms with Crippen molar-refractivity contribution in [3.05, 3.63) is 94.6 Å². The van der Waals surface area contributed by atoms with Gasteiger partial charge in [0.15, 0.2) is 17.2 Å². The van der Waals surface area contributed by atoms with Crippen molar-refractivity contribution in [1.82, 2.24) is 0 Å². The lowest BCUT2D eigenvalue weighted by Gasteiger charge is -2.11. The van der Waals surface area contributed by atoms with E-state index in [1.807, 2.05) is 66.7 Å². The average Bonchev–Trinajstić information content (AvgIpc) is 3.19. The summed E-state index contributed by atoms with van der Waals surface area (Å²) in [6, 6.07) is 22.5. The smallest absolute Gasteiger partial charge is 0.363 e. The molecule has 0 spiro atoms. The quantitative estimate of drug-likeness (QED) is 0.180. The molecule has 32 heavy (non-hydrogen) atoms. The molecule has 0 aliphatic carbocycles. The van der Waals surface area contributed by atoms with Gasteiger partial charge in [-0.1, -0.05) is 35.9 Å². The van der Waals surface area contributed by atoms with Gasteiger partial charge in [0, 0.05) is 21.2 Å². The van der Waals surface area contributed by atoms with E-state index in [0.29, 0.717) is 24.0 Å². The van der Waals surface area contributed by atoms with Crippen LogP contribution in [-0.4, -0.2) is 31.3 Å². The van der Waals surface area contributed by atoms with Gasteiger partial charge in [0.1, 0.15) is 0 Å². The minimum Gasteiger partial charge on any atom is -0.493 e. The van der Waals surface area contributed by atoms with E-state index in [0.717, 1.165) is 26.8 Å². The summed E-state index contributed by atoms with van der Waals surface area (Å²) in [4.78, 5) is 17.7. The van der Waals surface area contributed by atoms with Crippen LogP contribution in [-0.2, 0) is 9.53 Å². The number of cyclic esters (lactones) is 1. The van der Waals surface area contributed by atoms with Crippen LogP contribution in [0.25, 0.3) is 6.08 Å². The van der Waals surface area contributed by atoms with Gasteiger partial charge in [0.2, 0.25) is 5.90 Å². The number of halogens is 1. The van der Waals surface area contributed by atoms with E-state index in [1.165, 1.54) is 0 Å². The summed E-state index contributed by atoms with van der Waals surface area (Å²) in [6.45, 7) is 0.515. The number of hydrogen-bond acceptors (Lipinski definition) is 6. The molecule has 0 saturated heterocycles. The molecule has 0 aromatic heterocycles. The average molecular weight is 466 g/mol. The second kappa shape index (κ2) is 10.4. The van der Waals surface area contributed by atoms with Crippen molar-refractivity contribution < 1.29 is 19.0 Å². The molecule has 0 amide bonds. The van der Waals surface area contributed by atoms with Crippen LogP contribution in [0.15, 0.2) is 88.4 Å². The SMILES string of the molecule is COc1cc(C=C2N=C(c3ccccc3)OC2=O)ccc1OCCSc1ccc(Cl)cc1. The predicted octanol–water partition coefficient (Wildman–Crippen LogP) is 5.86. The van der Waals surface area contributed by atoms with Gasteiger partial charge in [-0.3, -0.25) is 0 Å². The first-order valence-corrected chi connectivity index (χ1v) is 11.3. The van der Waals surface area contributed by atoms with E-state index in [9.17, 15) is 4.79 Å². The first-order chi connectivity index (χ1) is 15.6. The van der Waals surface area contributed by atoms with Gasteiger partial charge in [-0.05, 0) is 60.2 Å². The van der Waals surface area contributed by atoms with Crippen molar-refractivity contribution in [2.45, 2.75) is 4.90 Å². The Kier molecular flexibility index (Phi) is 7.14. The number of thioether (sulfide) groups is 1. The van der Waals surface area contributed by atoms with Gasteiger partial charge < -0.3 is 14.2 Å². The normalized spacial score (nSPS) is 14.2. The van der Waals surface area contributed by atoms with Gasteiger partial charge in [-0.2, -0.15) is 0 Å². The maximum Gasteiger partial charge on any atom is 0.363 e. The first kappa shape index (κ1) is 22.0. The maximum absolute atomic E-state index is 12.2. The number of aliphatic imine (C=N–C) groups is 1. The topological polar surface area (TPSA) is 57.1 Å². The lowest BCUT2D eigenvalue weighted by molar-refractivity contribution is -0.129. The summed E-state index contributed by atoms with van der Waals surface area (Å²) < 4.78 is 16.6. The van der Waals surface area contributed by atoms with Crippen LogP contribution in [0.5, 0.6) is 11.5 Å². The maximum atomic E-state index is 12.2. The zero-order chi connectivity index (χ0) is 22.3. The Balaban J connectivity index is 1.41. The monoisotopic (exact) mass is 465 g/mol. The van der Waals surface area contributed by atoms with Crippen LogP contribution in [0.4, 0.5) is 0 Å². The van der Waals surface area contributed by atoms with Crippen LogP contribution in [0, 0.1) is 0 Å². The molecule has 1 aliphatic rings. The van der Waals surface area contributed by atoms with E-state index in [-0.39, 0.29) is 5.70 Å². The van der Waals surface area contributed by atoms with Gasteiger partial charge >= 0.3 is 5.97 Å². The van der Waals surface area contributed by atoms with E-state index in [1.54, 1.807) is 31.0 Å². The fourth-order valence-corrected chi connectivity index (χ4v) is 3.86. The molecule has 0 bridgehead atoms. The predicted molar refractivity (Wildman–Crippen MR) is 128 cm³/mol. The second-order valence-corrected chi connectivity index (χ2v) is 8.37. The number of carbonyl (C=O) groups is 1. The van der Waals surface area contributed by atoms with Crippen LogP contribution in [0.1, 0.15) is 11.1 Å². The highest BCUT2D eigenvalue weighted by Crippen LogP contribution is 2.30. The number of rotatable bonds is 8. The Bertz CT molecular complexity index is 1160. The summed E-state index contributed by atoms with van der Waals surface area (Å²) >= 11 is 7.60. The summed E-state index contributed by atoms with van der Waals surface area (Å²) in [5.41, 5.74) is 1.75. The largest absolute Gasteiger partial charge is 0.493 e. The number of carbonyl (C=O) groups excluding carboxylic acids is 1. The Labute approximate surface area is 195 Å². The Morgan fingerprint density at radius 1 is 1.03 bits per heavy atom. The minimum absolute atomic E-state index is 0.235. The highest BCUT2D eigenvalue weighted by molar-refractivity contribution is 7.99. The summed E-state index contributed by atoms with van der Waals surface area (Å²) in [5, 5.41) is 0.721. The van der Waals surface area contributed by atoms with E-state index >= 15 is 0 Å². The van der Waals surface area contributed by atoms with Gasteiger partial charge in [0.25, 0.3) is 0 Å². The molecule has 7 heteroatoms. The molecule has 162 valence electrons. The lowest BCUT2D eigenvalue weighted by Crippen LogP contribution is -2.05. The third kappa shape index (κ3) is 5.52. The third-order valence-electron chi connectivity index (χ3n) is 4.56. The number of methoxy groups -OCH3 is 1. The van der Waals surface area contributed by atoms with Crippen LogP contribution < -0.4 is 9.47 Å². The Morgan fingerprint density at radius 2 is 1.81 bits per heavy atom.